The molecule has 6 rings (SSSR count). The molecule has 0 amide bonds. The molecule has 0 saturated heterocycles. The highest BCUT2D eigenvalue weighted by Crippen LogP contribution is 2.35. The Balaban J connectivity index is 1.35. The predicted molar refractivity (Wildman–Crippen MR) is 146 cm³/mol. The summed E-state index contributed by atoms with van der Waals surface area (Å²) in [6.07, 6.45) is 3.26. The molecule has 4 aromatic rings. The smallest absolute Gasteiger partial charge is 0.182 e. The molecule has 0 bridgehead atoms. The zero-order valence-electron chi connectivity index (χ0n) is 20.4. The third kappa shape index (κ3) is 4.74. The van der Waals surface area contributed by atoms with Crippen molar-refractivity contribution >= 4 is 32.7 Å². The van der Waals surface area contributed by atoms with E-state index in [0.717, 1.165) is 44.2 Å². The topological polar surface area (TPSA) is 103 Å². The third-order valence-corrected chi connectivity index (χ3v) is 7.70. The lowest BCUT2D eigenvalue weighted by molar-refractivity contribution is 0.258. The van der Waals surface area contributed by atoms with E-state index in [9.17, 15) is 4.39 Å². The molecule has 2 aliphatic rings. The van der Waals surface area contributed by atoms with Gasteiger partial charge in [0.05, 0.1) is 6.54 Å². The van der Waals surface area contributed by atoms with Crippen LogP contribution in [0.5, 0.6) is 5.75 Å². The van der Waals surface area contributed by atoms with Gasteiger partial charge in [0.2, 0.25) is 0 Å². The number of nitrogens with two attached hydrogens (primary N) is 2. The minimum Gasteiger partial charge on any atom is -0.491 e. The molecule has 0 spiro atoms. The van der Waals surface area contributed by atoms with Gasteiger partial charge in [0.25, 0.3) is 0 Å². The molecular weight excluding hydrogens is 487 g/mol. The fourth-order valence-electron chi connectivity index (χ4n) is 5.01. The number of nitrogens with zero attached hydrogens (tertiary/aromatic N) is 4. The van der Waals surface area contributed by atoms with Crippen LogP contribution in [0.3, 0.4) is 0 Å². The Kier molecular flexibility index (Phi) is 6.00. The zero-order chi connectivity index (χ0) is 25.5. The molecule has 0 fully saturated rings. The summed E-state index contributed by atoms with van der Waals surface area (Å²) in [6, 6.07) is 14.9. The number of amidine groups is 1. The van der Waals surface area contributed by atoms with Crippen LogP contribution in [0.1, 0.15) is 24.5 Å². The summed E-state index contributed by atoms with van der Waals surface area (Å²) in [5, 5.41) is 0.511. The molecule has 0 radical (unpaired) electrons. The number of anilines is 1. The lowest BCUT2D eigenvalue weighted by atomic mass is 9.89. The van der Waals surface area contributed by atoms with Gasteiger partial charge in [0, 0.05) is 30.3 Å². The summed E-state index contributed by atoms with van der Waals surface area (Å²) in [7, 11) is 0. The molecule has 9 heteroatoms. The van der Waals surface area contributed by atoms with Crippen molar-refractivity contribution in [2.45, 2.75) is 26.3 Å². The van der Waals surface area contributed by atoms with E-state index in [0.29, 0.717) is 43.5 Å². The van der Waals surface area contributed by atoms with E-state index in [1.165, 1.54) is 29.0 Å². The van der Waals surface area contributed by atoms with E-state index in [4.69, 9.17) is 21.2 Å². The van der Waals surface area contributed by atoms with Gasteiger partial charge in [-0.15, -0.1) is 0 Å². The van der Waals surface area contributed by atoms with E-state index in [2.05, 4.69) is 27.9 Å². The molecule has 7 nitrogen and oxygen atoms in total. The molecule has 2 aliphatic heterocycles. The second-order valence-electron chi connectivity index (χ2n) is 9.55. The highest BCUT2D eigenvalue weighted by molar-refractivity contribution is 7.21. The number of hydrogen-bond donors (Lipinski definition) is 2. The van der Waals surface area contributed by atoms with Crippen LogP contribution < -0.4 is 16.2 Å². The van der Waals surface area contributed by atoms with Gasteiger partial charge in [0.1, 0.15) is 40.2 Å². The maximum Gasteiger partial charge on any atom is 0.182 e. The van der Waals surface area contributed by atoms with Gasteiger partial charge < -0.3 is 21.1 Å². The number of allylic oxidation sites excluding steroid dienone is 1. The van der Waals surface area contributed by atoms with Crippen molar-refractivity contribution in [1.82, 2.24) is 14.9 Å². The molecule has 4 N–H and O–H groups in total. The quantitative estimate of drug-likeness (QED) is 0.392. The minimum atomic E-state index is -0.235. The molecule has 37 heavy (non-hydrogen) atoms. The number of nitrogen functional groups attached to an aromatic ring is 1. The van der Waals surface area contributed by atoms with Crippen molar-refractivity contribution in [3.05, 3.63) is 83.1 Å². The summed E-state index contributed by atoms with van der Waals surface area (Å²) in [5.74, 6) is 2.38. The van der Waals surface area contributed by atoms with Crippen LogP contribution >= 0.6 is 11.3 Å². The second-order valence-corrected chi connectivity index (χ2v) is 10.6. The van der Waals surface area contributed by atoms with Crippen molar-refractivity contribution in [3.63, 3.8) is 0 Å². The average Bonchev–Trinajstić information content (AvgIpc) is 3.12. The highest BCUT2D eigenvalue weighted by atomic mass is 32.1. The van der Waals surface area contributed by atoms with Crippen molar-refractivity contribution in [2.75, 3.05) is 18.9 Å². The number of ether oxygens (including phenoxy) is 1. The van der Waals surface area contributed by atoms with Crippen molar-refractivity contribution in [2.24, 2.45) is 16.6 Å². The molecule has 2 aromatic carbocycles. The first-order valence-electron chi connectivity index (χ1n) is 12.3. The van der Waals surface area contributed by atoms with E-state index in [1.54, 1.807) is 0 Å². The van der Waals surface area contributed by atoms with Crippen LogP contribution in [-0.2, 0) is 13.0 Å². The molecule has 0 aliphatic carbocycles. The summed E-state index contributed by atoms with van der Waals surface area (Å²) in [4.78, 5) is 16.8. The van der Waals surface area contributed by atoms with E-state index < -0.39 is 0 Å². The van der Waals surface area contributed by atoms with Gasteiger partial charge in [-0.3, -0.25) is 0 Å². The number of rotatable bonds is 4. The van der Waals surface area contributed by atoms with Crippen LogP contribution in [0.15, 0.2) is 71.1 Å². The van der Waals surface area contributed by atoms with Crippen LogP contribution in [0.25, 0.3) is 21.5 Å². The number of aromatic nitrogens is 2. The SMILES string of the molecule is CC1CC(N)=NC(N2CCOc3ccc(-c4cnc5sc(N)nc5c4)cc3C2)=C1Cc1ccc(F)cc1. The first-order valence-corrected chi connectivity index (χ1v) is 13.1. The zero-order valence-corrected chi connectivity index (χ0v) is 21.3. The summed E-state index contributed by atoms with van der Waals surface area (Å²) in [6.45, 7) is 4.03. The monoisotopic (exact) mass is 514 g/mol. The fourth-order valence-corrected chi connectivity index (χ4v) is 5.67. The Hall–Kier alpha value is -3.98. The van der Waals surface area contributed by atoms with Gasteiger partial charge >= 0.3 is 0 Å². The average molecular weight is 515 g/mol. The summed E-state index contributed by atoms with van der Waals surface area (Å²) >= 11 is 1.38. The summed E-state index contributed by atoms with van der Waals surface area (Å²) < 4.78 is 19.6. The van der Waals surface area contributed by atoms with E-state index >= 15 is 0 Å². The Labute approximate surface area is 218 Å². The third-order valence-electron chi connectivity index (χ3n) is 6.89. The van der Waals surface area contributed by atoms with Crippen LogP contribution in [0.2, 0.25) is 0 Å². The van der Waals surface area contributed by atoms with Gasteiger partial charge in [0.15, 0.2) is 5.13 Å². The Morgan fingerprint density at radius 2 is 1.95 bits per heavy atom. The molecule has 4 heterocycles. The lowest BCUT2D eigenvalue weighted by Gasteiger charge is -2.31. The van der Waals surface area contributed by atoms with Gasteiger partial charge in [-0.05, 0) is 59.4 Å². The Bertz CT molecular complexity index is 1540. The van der Waals surface area contributed by atoms with Crippen LogP contribution in [0.4, 0.5) is 9.52 Å². The van der Waals surface area contributed by atoms with Gasteiger partial charge in [-0.25, -0.2) is 19.4 Å². The van der Waals surface area contributed by atoms with Crippen LogP contribution in [-0.4, -0.2) is 33.9 Å². The van der Waals surface area contributed by atoms with Gasteiger partial charge in [-0.2, -0.15) is 0 Å². The molecule has 0 saturated carbocycles. The second kappa shape index (κ2) is 9.48. The largest absolute Gasteiger partial charge is 0.491 e. The number of thiazole rings is 1. The van der Waals surface area contributed by atoms with E-state index in [1.807, 2.05) is 36.5 Å². The van der Waals surface area contributed by atoms with Crippen molar-refractivity contribution < 1.29 is 9.13 Å². The standard InChI is InChI=1S/C28H27FN6OS/c1-16-10-25(30)34-26(22(16)11-17-2-5-21(29)6-3-17)35-8-9-36-24-7-4-18(12-20(24)15-35)19-13-23-27(32-14-19)37-28(31)33-23/h2-7,12-14,16H,8-11,15H2,1H3,(H2,30,34)(H2,31,33). The molecule has 1 atom stereocenters. The number of hydrogen-bond acceptors (Lipinski definition) is 8. The van der Waals surface area contributed by atoms with Crippen LogP contribution in [0, 0.1) is 11.7 Å². The first kappa shape index (κ1) is 23.4. The molecule has 1 unspecified atom stereocenters. The minimum absolute atomic E-state index is 0.232. The first-order chi connectivity index (χ1) is 17.9. The summed E-state index contributed by atoms with van der Waals surface area (Å²) in [5.41, 5.74) is 18.3. The predicted octanol–water partition coefficient (Wildman–Crippen LogP) is 5.13. The Morgan fingerprint density at radius 3 is 2.78 bits per heavy atom. The van der Waals surface area contributed by atoms with E-state index in [-0.39, 0.29) is 11.7 Å². The number of halogens is 1. The van der Waals surface area contributed by atoms with Crippen molar-refractivity contribution in [1.29, 1.82) is 0 Å². The highest BCUT2D eigenvalue weighted by Gasteiger charge is 2.27. The molecule has 2 aromatic heterocycles. The molecule has 188 valence electrons. The van der Waals surface area contributed by atoms with Gasteiger partial charge in [-0.1, -0.05) is 36.5 Å². The van der Waals surface area contributed by atoms with Crippen molar-refractivity contribution in [3.8, 4) is 16.9 Å². The number of pyridine rings is 1. The lowest BCUT2D eigenvalue weighted by Crippen LogP contribution is -2.32. The fraction of sp³-hybridized carbons (Fsp3) is 0.250. The maximum atomic E-state index is 13.5. The number of fused-ring (bicyclic) bond motifs is 2. The molecular formula is C28H27FN6OS. The normalized spacial score (nSPS) is 17.8. The number of benzene rings is 2. The number of aliphatic imine (C=N–C) groups is 1. The Morgan fingerprint density at radius 1 is 1.11 bits per heavy atom. The maximum absolute atomic E-state index is 13.5.